The van der Waals surface area contributed by atoms with E-state index in [4.69, 9.17) is 0 Å². The van der Waals surface area contributed by atoms with Crippen molar-refractivity contribution >= 4 is 24.2 Å². The number of carbonyl (C=O) groups is 2. The minimum absolute atomic E-state index is 0. The first-order valence-corrected chi connectivity index (χ1v) is 10.8. The quantitative estimate of drug-likeness (QED) is 0.787. The van der Waals surface area contributed by atoms with Gasteiger partial charge in [0.05, 0.1) is 6.54 Å². The van der Waals surface area contributed by atoms with Crippen molar-refractivity contribution in [3.05, 3.63) is 35.4 Å². The van der Waals surface area contributed by atoms with Gasteiger partial charge in [-0.2, -0.15) is 0 Å². The summed E-state index contributed by atoms with van der Waals surface area (Å²) >= 11 is 0. The Balaban J connectivity index is 0.00000240. The molecule has 1 unspecified atom stereocenters. The van der Waals surface area contributed by atoms with Crippen LogP contribution in [-0.2, 0) is 16.0 Å². The molecule has 1 aromatic carbocycles. The molecule has 160 valence electrons. The van der Waals surface area contributed by atoms with Gasteiger partial charge in [0.2, 0.25) is 11.8 Å². The van der Waals surface area contributed by atoms with Crippen molar-refractivity contribution in [2.24, 2.45) is 5.92 Å². The summed E-state index contributed by atoms with van der Waals surface area (Å²) < 4.78 is 0. The van der Waals surface area contributed by atoms with E-state index in [0.717, 1.165) is 38.9 Å². The van der Waals surface area contributed by atoms with Gasteiger partial charge in [0, 0.05) is 57.8 Å². The molecule has 1 saturated carbocycles. The van der Waals surface area contributed by atoms with Crippen LogP contribution in [0.5, 0.6) is 0 Å². The number of piperazine rings is 2. The molecule has 2 amide bonds. The molecule has 3 fully saturated rings. The fourth-order valence-corrected chi connectivity index (χ4v) is 4.28. The number of nitrogens with one attached hydrogen (secondary N) is 1. The molecule has 29 heavy (non-hydrogen) atoms. The molecule has 1 aromatic rings. The molecule has 0 radical (unpaired) electrons. The number of nitrogens with zero attached hydrogens (tertiary/aromatic N) is 3. The molecule has 1 aliphatic carbocycles. The van der Waals surface area contributed by atoms with E-state index in [1.54, 1.807) is 0 Å². The largest absolute Gasteiger partial charge is 0.339 e. The van der Waals surface area contributed by atoms with Crippen LogP contribution in [0.2, 0.25) is 0 Å². The molecule has 2 heterocycles. The van der Waals surface area contributed by atoms with E-state index in [9.17, 15) is 9.59 Å². The molecule has 1 atom stereocenters. The van der Waals surface area contributed by atoms with Gasteiger partial charge in [0.25, 0.3) is 0 Å². The topological polar surface area (TPSA) is 55.9 Å². The summed E-state index contributed by atoms with van der Waals surface area (Å²) in [4.78, 5) is 31.3. The summed E-state index contributed by atoms with van der Waals surface area (Å²) in [6.07, 6.45) is 3.13. The first kappa shape index (κ1) is 22.1. The average Bonchev–Trinajstić information content (AvgIpc) is 3.59. The van der Waals surface area contributed by atoms with E-state index in [0.29, 0.717) is 38.6 Å². The minimum atomic E-state index is 0. The molecule has 7 heteroatoms. The zero-order valence-electron chi connectivity index (χ0n) is 17.3. The van der Waals surface area contributed by atoms with Crippen molar-refractivity contribution < 1.29 is 9.59 Å². The minimum Gasteiger partial charge on any atom is -0.339 e. The summed E-state index contributed by atoms with van der Waals surface area (Å²) in [6, 6.07) is 9.04. The molecule has 3 aliphatic rings. The number of hydrogen-bond acceptors (Lipinski definition) is 4. The SMILES string of the molecule is CCc1ccc(C2CNCCN2CC(=O)N2CCN(C(=O)C3CC3)CC2)cc1.Cl. The van der Waals surface area contributed by atoms with Gasteiger partial charge in [-0.1, -0.05) is 31.2 Å². The van der Waals surface area contributed by atoms with Crippen molar-refractivity contribution in [1.82, 2.24) is 20.0 Å². The number of carbonyl (C=O) groups excluding carboxylic acids is 2. The van der Waals surface area contributed by atoms with Gasteiger partial charge in [0.15, 0.2) is 0 Å². The third kappa shape index (κ3) is 5.30. The highest BCUT2D eigenvalue weighted by Crippen LogP contribution is 2.31. The third-order valence-electron chi connectivity index (χ3n) is 6.34. The highest BCUT2D eigenvalue weighted by Gasteiger charge is 2.35. The molecule has 0 aromatic heterocycles. The number of amides is 2. The lowest BCUT2D eigenvalue weighted by molar-refractivity contribution is -0.141. The number of rotatable bonds is 5. The Bertz CT molecular complexity index is 699. The molecule has 2 saturated heterocycles. The van der Waals surface area contributed by atoms with Crippen LogP contribution in [0.25, 0.3) is 0 Å². The van der Waals surface area contributed by atoms with Crippen LogP contribution >= 0.6 is 12.4 Å². The fourth-order valence-electron chi connectivity index (χ4n) is 4.28. The first-order chi connectivity index (χ1) is 13.7. The smallest absolute Gasteiger partial charge is 0.236 e. The van der Waals surface area contributed by atoms with E-state index < -0.39 is 0 Å². The van der Waals surface area contributed by atoms with Gasteiger partial charge < -0.3 is 15.1 Å². The average molecular weight is 421 g/mol. The Labute approximate surface area is 180 Å². The Morgan fingerprint density at radius 3 is 2.28 bits per heavy atom. The Kier molecular flexibility index (Phi) is 7.55. The van der Waals surface area contributed by atoms with Crippen molar-refractivity contribution in [3.63, 3.8) is 0 Å². The lowest BCUT2D eigenvalue weighted by Crippen LogP contribution is -2.55. The van der Waals surface area contributed by atoms with E-state index in [1.165, 1.54) is 11.1 Å². The maximum atomic E-state index is 12.9. The van der Waals surface area contributed by atoms with Crippen molar-refractivity contribution in [1.29, 1.82) is 0 Å². The molecule has 2 aliphatic heterocycles. The molecular weight excluding hydrogens is 388 g/mol. The van der Waals surface area contributed by atoms with Crippen molar-refractivity contribution in [2.75, 3.05) is 52.4 Å². The lowest BCUT2D eigenvalue weighted by atomic mass is 10.0. The Hall–Kier alpha value is -1.63. The maximum absolute atomic E-state index is 12.9. The number of hydrogen-bond donors (Lipinski definition) is 1. The highest BCUT2D eigenvalue weighted by molar-refractivity contribution is 5.85. The van der Waals surface area contributed by atoms with Gasteiger partial charge in [-0.3, -0.25) is 14.5 Å². The van der Waals surface area contributed by atoms with E-state index in [2.05, 4.69) is 41.4 Å². The fraction of sp³-hybridized carbons (Fsp3) is 0.636. The van der Waals surface area contributed by atoms with Gasteiger partial charge in [0.1, 0.15) is 0 Å². The number of halogens is 1. The molecule has 1 N–H and O–H groups in total. The summed E-state index contributed by atoms with van der Waals surface area (Å²) in [5.74, 6) is 0.753. The maximum Gasteiger partial charge on any atom is 0.236 e. The lowest BCUT2D eigenvalue weighted by Gasteiger charge is -2.39. The van der Waals surface area contributed by atoms with Gasteiger partial charge >= 0.3 is 0 Å². The van der Waals surface area contributed by atoms with Crippen LogP contribution in [0.4, 0.5) is 0 Å². The van der Waals surface area contributed by atoms with Crippen LogP contribution < -0.4 is 5.32 Å². The van der Waals surface area contributed by atoms with Crippen LogP contribution in [0.1, 0.15) is 36.9 Å². The second-order valence-electron chi connectivity index (χ2n) is 8.27. The molecule has 6 nitrogen and oxygen atoms in total. The first-order valence-electron chi connectivity index (χ1n) is 10.8. The van der Waals surface area contributed by atoms with E-state index in [-0.39, 0.29) is 30.3 Å². The summed E-state index contributed by atoms with van der Waals surface area (Å²) in [6.45, 7) is 8.00. The van der Waals surface area contributed by atoms with Crippen LogP contribution in [0.15, 0.2) is 24.3 Å². The molecule has 0 spiro atoms. The van der Waals surface area contributed by atoms with Gasteiger partial charge in [-0.25, -0.2) is 0 Å². The molecular formula is C22H33ClN4O2. The normalized spacial score (nSPS) is 22.9. The summed E-state index contributed by atoms with van der Waals surface area (Å²) in [5.41, 5.74) is 2.62. The third-order valence-corrected chi connectivity index (χ3v) is 6.34. The predicted molar refractivity (Wildman–Crippen MR) is 116 cm³/mol. The summed E-state index contributed by atoms with van der Waals surface area (Å²) in [7, 11) is 0. The standard InChI is InChI=1S/C22H32N4O2.ClH/c1-2-17-3-5-18(6-4-17)20-15-23-9-10-26(20)16-21(27)24-11-13-25(14-12-24)22(28)19-7-8-19;/h3-6,19-20,23H,2,7-16H2,1H3;1H. The van der Waals surface area contributed by atoms with Crippen LogP contribution in [0.3, 0.4) is 0 Å². The van der Waals surface area contributed by atoms with Crippen LogP contribution in [-0.4, -0.2) is 78.9 Å². The van der Waals surface area contributed by atoms with Crippen molar-refractivity contribution in [3.8, 4) is 0 Å². The molecule has 0 bridgehead atoms. The monoisotopic (exact) mass is 420 g/mol. The number of benzene rings is 1. The zero-order chi connectivity index (χ0) is 19.5. The highest BCUT2D eigenvalue weighted by atomic mass is 35.5. The van der Waals surface area contributed by atoms with Gasteiger partial charge in [-0.15, -0.1) is 12.4 Å². The van der Waals surface area contributed by atoms with Crippen LogP contribution in [0, 0.1) is 5.92 Å². The second-order valence-corrected chi connectivity index (χ2v) is 8.27. The Morgan fingerprint density at radius 1 is 1.00 bits per heavy atom. The Morgan fingerprint density at radius 2 is 1.66 bits per heavy atom. The van der Waals surface area contributed by atoms with E-state index in [1.807, 2.05) is 9.80 Å². The second kappa shape index (κ2) is 9.92. The van der Waals surface area contributed by atoms with Crippen molar-refractivity contribution in [2.45, 2.75) is 32.2 Å². The zero-order valence-corrected chi connectivity index (χ0v) is 18.1. The summed E-state index contributed by atoms with van der Waals surface area (Å²) in [5, 5.41) is 3.47. The van der Waals surface area contributed by atoms with E-state index >= 15 is 0 Å². The number of aryl methyl sites for hydroxylation is 1. The molecule has 4 rings (SSSR count). The predicted octanol–water partition coefficient (Wildman–Crippen LogP) is 1.70. The van der Waals surface area contributed by atoms with Gasteiger partial charge in [-0.05, 0) is 30.4 Å².